The summed E-state index contributed by atoms with van der Waals surface area (Å²) < 4.78 is 15.4. The Morgan fingerprint density at radius 3 is 2.31 bits per heavy atom. The van der Waals surface area contributed by atoms with E-state index in [1.807, 2.05) is 86.6 Å². The van der Waals surface area contributed by atoms with Crippen molar-refractivity contribution in [2.24, 2.45) is 5.92 Å². The van der Waals surface area contributed by atoms with Gasteiger partial charge < -0.3 is 35.3 Å². The zero-order valence-electron chi connectivity index (χ0n) is 27.5. The number of hydrogen-bond donors (Lipinski definition) is 4. The summed E-state index contributed by atoms with van der Waals surface area (Å²) in [6, 6.07) is 20.2. The maximum Gasteiger partial charge on any atom is 0.408 e. The quantitative estimate of drug-likeness (QED) is 0.0779. The number of benzene rings is 3. The Hall–Kier alpha value is -5.10. The fourth-order valence-corrected chi connectivity index (χ4v) is 5.74. The van der Waals surface area contributed by atoms with Gasteiger partial charge in [0, 0.05) is 24.7 Å². The van der Waals surface area contributed by atoms with Gasteiger partial charge in [0.1, 0.15) is 18.7 Å². The molecule has 4 N–H and O–H groups in total. The average molecular weight is 690 g/mol. The van der Waals surface area contributed by atoms with E-state index >= 15 is 0 Å². The Bertz CT molecular complexity index is 1730. The third-order valence-corrected chi connectivity index (χ3v) is 8.25. The van der Waals surface area contributed by atoms with Crippen molar-refractivity contribution < 1.29 is 38.1 Å². The molecule has 49 heavy (non-hydrogen) atoms. The van der Waals surface area contributed by atoms with Gasteiger partial charge in [-0.1, -0.05) is 86.6 Å². The van der Waals surface area contributed by atoms with Crippen LogP contribution in [0.15, 0.2) is 85.3 Å². The van der Waals surface area contributed by atoms with Gasteiger partial charge >= 0.3 is 12.1 Å². The molecule has 0 spiro atoms. The van der Waals surface area contributed by atoms with E-state index in [9.17, 15) is 24.1 Å². The number of carbonyl (C=O) groups excluding carboxylic acids is 4. The van der Waals surface area contributed by atoms with Crippen LogP contribution >= 0.6 is 8.00 Å². The monoisotopic (exact) mass is 689 g/mol. The number of carbonyl (C=O) groups is 4. The molecule has 3 aromatic carbocycles. The van der Waals surface area contributed by atoms with Gasteiger partial charge in [0.15, 0.2) is 6.23 Å². The van der Waals surface area contributed by atoms with Gasteiger partial charge in [-0.3, -0.25) is 9.59 Å². The molecular formula is C35H40N5O8P. The first-order valence-electron chi connectivity index (χ1n) is 15.7. The number of rotatable bonds is 16. The van der Waals surface area contributed by atoms with Gasteiger partial charge in [-0.05, 0) is 34.2 Å². The SMILES string of the molecule is COC(=O)C=[P+]([O-])O[C@@H](CC(C)C)NC(=O)C(Cc1cnc[nH]1)NC(=O)[C@@H](Cc1cccc2ccccc12)NC(=O)OCc1ccccc1. The number of H-pyrrole nitrogens is 1. The highest BCUT2D eigenvalue weighted by Crippen LogP contribution is 2.21. The summed E-state index contributed by atoms with van der Waals surface area (Å²) in [6.07, 6.45) is 1.44. The van der Waals surface area contributed by atoms with Crippen LogP contribution < -0.4 is 20.8 Å². The minimum Gasteiger partial charge on any atom is -0.603 e. The molecule has 0 radical (unpaired) electrons. The van der Waals surface area contributed by atoms with Crippen molar-refractivity contribution in [1.29, 1.82) is 0 Å². The minimum absolute atomic E-state index is 0.00338. The highest BCUT2D eigenvalue weighted by atomic mass is 31.1. The molecule has 1 aromatic heterocycles. The lowest BCUT2D eigenvalue weighted by atomic mass is 9.98. The molecule has 258 valence electrons. The topological polar surface area (TPSA) is 184 Å². The second-order valence-corrected chi connectivity index (χ2v) is 12.7. The highest BCUT2D eigenvalue weighted by molar-refractivity contribution is 7.47. The number of alkyl carbamates (subject to hydrolysis) is 1. The van der Waals surface area contributed by atoms with Crippen LogP contribution in [0.1, 0.15) is 37.1 Å². The predicted molar refractivity (Wildman–Crippen MR) is 183 cm³/mol. The summed E-state index contributed by atoms with van der Waals surface area (Å²) in [5.41, 5.74) is 2.12. The number of hydrogen-bond acceptors (Lipinski definition) is 9. The number of nitrogens with one attached hydrogen (secondary N) is 4. The molecule has 3 amide bonds. The summed E-state index contributed by atoms with van der Waals surface area (Å²) in [6.45, 7) is 3.75. The Morgan fingerprint density at radius 2 is 1.59 bits per heavy atom. The highest BCUT2D eigenvalue weighted by Gasteiger charge is 2.31. The van der Waals surface area contributed by atoms with E-state index in [1.165, 1.54) is 12.5 Å². The molecular weight excluding hydrogens is 649 g/mol. The minimum atomic E-state index is -2.62. The third kappa shape index (κ3) is 11.8. The summed E-state index contributed by atoms with van der Waals surface area (Å²) in [4.78, 5) is 71.8. The second kappa shape index (κ2) is 18.4. The molecule has 0 bridgehead atoms. The van der Waals surface area contributed by atoms with Gasteiger partial charge in [0.2, 0.25) is 25.6 Å². The molecule has 0 saturated heterocycles. The Kier molecular flexibility index (Phi) is 13.8. The number of aromatic nitrogens is 2. The predicted octanol–water partition coefficient (Wildman–Crippen LogP) is 3.28. The second-order valence-electron chi connectivity index (χ2n) is 11.6. The number of methoxy groups -OCH3 is 1. The third-order valence-electron chi connectivity index (χ3n) is 7.37. The number of esters is 1. The van der Waals surface area contributed by atoms with Gasteiger partial charge in [-0.15, -0.1) is 0 Å². The van der Waals surface area contributed by atoms with E-state index in [4.69, 9.17) is 9.26 Å². The van der Waals surface area contributed by atoms with Crippen molar-refractivity contribution in [3.8, 4) is 0 Å². The van der Waals surface area contributed by atoms with Crippen molar-refractivity contribution in [3.05, 3.63) is 102 Å². The smallest absolute Gasteiger partial charge is 0.408 e. The van der Waals surface area contributed by atoms with Crippen LogP contribution in [0.25, 0.3) is 10.8 Å². The summed E-state index contributed by atoms with van der Waals surface area (Å²) in [7, 11) is -1.47. The largest absolute Gasteiger partial charge is 0.603 e. The van der Waals surface area contributed by atoms with Crippen LogP contribution in [0, 0.1) is 5.92 Å². The molecule has 2 unspecified atom stereocenters. The molecule has 1 heterocycles. The molecule has 13 nitrogen and oxygen atoms in total. The maximum atomic E-state index is 14.0. The maximum absolute atomic E-state index is 14.0. The van der Waals surface area contributed by atoms with E-state index in [-0.39, 0.29) is 31.8 Å². The van der Waals surface area contributed by atoms with E-state index in [0.29, 0.717) is 5.69 Å². The molecule has 0 aliphatic rings. The molecule has 4 atom stereocenters. The van der Waals surface area contributed by atoms with Crippen molar-refractivity contribution >= 4 is 48.4 Å². The van der Waals surface area contributed by atoms with Crippen molar-refractivity contribution in [2.45, 2.75) is 58.0 Å². The zero-order chi connectivity index (χ0) is 35.2. The lowest BCUT2D eigenvalue weighted by molar-refractivity contribution is -0.177. The standard InChI is InChI=1S/C35H40N5O8P/c1-23(2)16-31(48-49(45)21-32(41)46-3)40-34(43)30(18-27-19-36-22-37-27)38-33(42)29(39-35(44)47-20-24-10-5-4-6-11-24)17-26-14-9-13-25-12-7-8-15-28(25)26/h4-15,19,21-23,29-31H,16-18,20H2,1-3H3,(H,36,37)(H,38,42)(H,39,44)(H,40,43)/t29-,30?,31+/m1/s1. The number of imidazole rings is 1. The molecule has 4 rings (SSSR count). The number of aromatic amines is 1. The van der Waals surface area contributed by atoms with Crippen molar-refractivity contribution in [1.82, 2.24) is 25.9 Å². The van der Waals surface area contributed by atoms with Gasteiger partial charge in [0.25, 0.3) is 0 Å². The Balaban J connectivity index is 1.57. The molecule has 0 saturated carbocycles. The number of fused-ring (bicyclic) bond motifs is 1. The lowest BCUT2D eigenvalue weighted by Crippen LogP contribution is -2.56. The molecule has 4 aromatic rings. The van der Waals surface area contributed by atoms with Crippen molar-refractivity contribution in [3.63, 3.8) is 0 Å². The molecule has 0 fully saturated rings. The average Bonchev–Trinajstić information content (AvgIpc) is 3.60. The molecule has 14 heteroatoms. The Morgan fingerprint density at radius 1 is 0.898 bits per heavy atom. The van der Waals surface area contributed by atoms with Crippen LogP contribution in [0.3, 0.4) is 0 Å². The van der Waals surface area contributed by atoms with Crippen LogP contribution in [-0.2, 0) is 47.8 Å². The summed E-state index contributed by atoms with van der Waals surface area (Å²) in [5, 5.41) is 10.0. The van der Waals surface area contributed by atoms with Gasteiger partial charge in [-0.25, -0.2) is 14.6 Å². The normalized spacial score (nSPS) is 13.3. The number of nitrogens with zero attached hydrogens (tertiary/aromatic N) is 1. The van der Waals surface area contributed by atoms with Crippen LogP contribution in [0.4, 0.5) is 4.79 Å². The Labute approximate surface area is 285 Å². The fraction of sp³-hybridized carbons (Fsp3) is 0.314. The van der Waals surface area contributed by atoms with E-state index in [2.05, 4.69) is 30.7 Å². The van der Waals surface area contributed by atoms with Crippen LogP contribution in [0.2, 0.25) is 0 Å². The first-order chi connectivity index (χ1) is 23.6. The summed E-state index contributed by atoms with van der Waals surface area (Å²) >= 11 is 0. The molecule has 0 aliphatic heterocycles. The van der Waals surface area contributed by atoms with Crippen molar-refractivity contribution in [2.75, 3.05) is 7.11 Å². The van der Waals surface area contributed by atoms with E-state index in [0.717, 1.165) is 34.8 Å². The van der Waals surface area contributed by atoms with E-state index < -0.39 is 50.2 Å². The van der Waals surface area contributed by atoms with Gasteiger partial charge in [0.05, 0.1) is 13.4 Å². The number of amides is 3. The first kappa shape index (κ1) is 36.7. The summed E-state index contributed by atoms with van der Waals surface area (Å²) in [5.74, 6) is -1.35. The fourth-order valence-electron chi connectivity index (χ4n) is 5.01. The zero-order valence-corrected chi connectivity index (χ0v) is 28.4. The van der Waals surface area contributed by atoms with Gasteiger partial charge in [-0.2, -0.15) is 4.52 Å². The lowest BCUT2D eigenvalue weighted by Gasteiger charge is -2.25. The van der Waals surface area contributed by atoms with Crippen LogP contribution in [0.5, 0.6) is 0 Å². The van der Waals surface area contributed by atoms with Crippen LogP contribution in [-0.4, -0.2) is 65.1 Å². The molecule has 0 aliphatic carbocycles. The first-order valence-corrected chi connectivity index (χ1v) is 16.9. The number of ether oxygens (including phenoxy) is 2. The van der Waals surface area contributed by atoms with E-state index in [1.54, 1.807) is 0 Å².